The number of carboxylic acids is 1. The SMILES string of the molecule is CCc1cnc(CNC(=O)NC(=O)C(C)=C(C)C(=O)O)s1. The molecule has 1 aromatic rings. The third-order valence-corrected chi connectivity index (χ3v) is 3.94. The van der Waals surface area contributed by atoms with Crippen LogP contribution in [0, 0.1) is 0 Å². The van der Waals surface area contributed by atoms with Crippen molar-refractivity contribution in [3.05, 3.63) is 27.2 Å². The molecule has 0 atom stereocenters. The van der Waals surface area contributed by atoms with E-state index in [1.54, 1.807) is 6.20 Å². The molecule has 0 spiro atoms. The Hall–Kier alpha value is -2.22. The summed E-state index contributed by atoms with van der Waals surface area (Å²) >= 11 is 1.48. The van der Waals surface area contributed by atoms with Crippen molar-refractivity contribution >= 4 is 29.2 Å². The van der Waals surface area contributed by atoms with Crippen molar-refractivity contribution in [1.29, 1.82) is 0 Å². The van der Waals surface area contributed by atoms with Gasteiger partial charge in [0.2, 0.25) is 0 Å². The highest BCUT2D eigenvalue weighted by molar-refractivity contribution is 7.11. The summed E-state index contributed by atoms with van der Waals surface area (Å²) in [6.07, 6.45) is 2.62. The second-order valence-electron chi connectivity index (χ2n) is 4.27. The maximum Gasteiger partial charge on any atom is 0.331 e. The molecule has 1 aromatic heterocycles. The topological polar surface area (TPSA) is 108 Å². The maximum absolute atomic E-state index is 11.7. The lowest BCUT2D eigenvalue weighted by Crippen LogP contribution is -2.39. The zero-order valence-corrected chi connectivity index (χ0v) is 12.8. The summed E-state index contributed by atoms with van der Waals surface area (Å²) in [5.74, 6) is -1.93. The number of rotatable bonds is 5. The molecule has 0 aliphatic heterocycles. The highest BCUT2D eigenvalue weighted by atomic mass is 32.1. The molecular formula is C13H17N3O4S. The second kappa shape index (κ2) is 7.53. The van der Waals surface area contributed by atoms with Crippen LogP contribution in [0.4, 0.5) is 4.79 Å². The van der Waals surface area contributed by atoms with Crippen LogP contribution in [-0.4, -0.2) is 28.0 Å². The van der Waals surface area contributed by atoms with Gasteiger partial charge in [0.1, 0.15) is 5.01 Å². The minimum Gasteiger partial charge on any atom is -0.478 e. The van der Waals surface area contributed by atoms with Gasteiger partial charge in [-0.25, -0.2) is 14.6 Å². The number of nitrogens with one attached hydrogen (secondary N) is 2. The van der Waals surface area contributed by atoms with Gasteiger partial charge in [0.25, 0.3) is 5.91 Å². The third kappa shape index (κ3) is 4.99. The van der Waals surface area contributed by atoms with Crippen molar-refractivity contribution in [2.45, 2.75) is 33.7 Å². The van der Waals surface area contributed by atoms with E-state index < -0.39 is 17.9 Å². The predicted octanol–water partition coefficient (Wildman–Crippen LogP) is 1.45. The molecule has 0 fully saturated rings. The van der Waals surface area contributed by atoms with Gasteiger partial charge in [-0.3, -0.25) is 10.1 Å². The number of amides is 3. The molecule has 3 amide bonds. The number of aromatic nitrogens is 1. The number of hydrogen-bond acceptors (Lipinski definition) is 5. The van der Waals surface area contributed by atoms with Crippen LogP contribution in [0.15, 0.2) is 17.3 Å². The summed E-state index contributed by atoms with van der Waals surface area (Å²) in [6, 6.07) is -0.689. The molecule has 0 aliphatic rings. The average Bonchev–Trinajstić information content (AvgIpc) is 2.91. The number of aliphatic carboxylic acids is 1. The maximum atomic E-state index is 11.7. The summed E-state index contributed by atoms with van der Waals surface area (Å²) in [4.78, 5) is 39.2. The highest BCUT2D eigenvalue weighted by Gasteiger charge is 2.15. The fraction of sp³-hybridized carbons (Fsp3) is 0.385. The van der Waals surface area contributed by atoms with E-state index in [0.29, 0.717) is 0 Å². The van der Waals surface area contributed by atoms with Crippen LogP contribution in [-0.2, 0) is 22.6 Å². The first-order valence-corrected chi connectivity index (χ1v) is 7.10. The molecule has 0 unspecified atom stereocenters. The van der Waals surface area contributed by atoms with E-state index in [2.05, 4.69) is 15.6 Å². The Kier molecular flexibility index (Phi) is 6.04. The van der Waals surface area contributed by atoms with E-state index >= 15 is 0 Å². The molecule has 1 heterocycles. The largest absolute Gasteiger partial charge is 0.478 e. The summed E-state index contributed by atoms with van der Waals surface area (Å²) in [5, 5.41) is 14.1. The van der Waals surface area contributed by atoms with Gasteiger partial charge < -0.3 is 10.4 Å². The lowest BCUT2D eigenvalue weighted by atomic mass is 10.1. The summed E-state index contributed by atoms with van der Waals surface area (Å²) in [6.45, 7) is 4.87. The Morgan fingerprint density at radius 3 is 2.48 bits per heavy atom. The quantitative estimate of drug-likeness (QED) is 0.713. The molecule has 0 aliphatic carbocycles. The summed E-state index contributed by atoms with van der Waals surface area (Å²) in [5.41, 5.74) is -0.118. The van der Waals surface area contributed by atoms with Crippen molar-refractivity contribution in [2.75, 3.05) is 0 Å². The van der Waals surface area contributed by atoms with Gasteiger partial charge in [-0.1, -0.05) is 6.92 Å². The van der Waals surface area contributed by atoms with Crippen LogP contribution in [0.2, 0.25) is 0 Å². The molecule has 1 rings (SSSR count). The van der Waals surface area contributed by atoms with Gasteiger partial charge in [0.05, 0.1) is 6.54 Å². The fourth-order valence-corrected chi connectivity index (χ4v) is 2.12. The number of carbonyl (C=O) groups is 3. The Morgan fingerprint density at radius 2 is 1.95 bits per heavy atom. The molecule has 3 N–H and O–H groups in total. The molecule has 0 radical (unpaired) electrons. The molecular weight excluding hydrogens is 294 g/mol. The first-order chi connectivity index (χ1) is 9.85. The van der Waals surface area contributed by atoms with Crippen LogP contribution < -0.4 is 10.6 Å². The van der Waals surface area contributed by atoms with Crippen LogP contribution in [0.25, 0.3) is 0 Å². The van der Waals surface area contributed by atoms with Crippen molar-refractivity contribution in [2.24, 2.45) is 0 Å². The van der Waals surface area contributed by atoms with E-state index in [4.69, 9.17) is 5.11 Å². The van der Waals surface area contributed by atoms with Crippen LogP contribution in [0.5, 0.6) is 0 Å². The summed E-state index contributed by atoms with van der Waals surface area (Å²) < 4.78 is 0. The first-order valence-electron chi connectivity index (χ1n) is 6.28. The number of hydrogen-bond donors (Lipinski definition) is 3. The predicted molar refractivity (Wildman–Crippen MR) is 77.9 cm³/mol. The number of carboxylic acid groups (broad SMARTS) is 1. The van der Waals surface area contributed by atoms with Crippen molar-refractivity contribution < 1.29 is 19.5 Å². The molecule has 114 valence electrons. The molecule has 21 heavy (non-hydrogen) atoms. The third-order valence-electron chi connectivity index (χ3n) is 2.80. The van der Waals surface area contributed by atoms with Gasteiger partial charge in [-0.15, -0.1) is 11.3 Å². The molecule has 0 bridgehead atoms. The van der Waals surface area contributed by atoms with Gasteiger partial charge in [0.15, 0.2) is 0 Å². The van der Waals surface area contributed by atoms with Crippen molar-refractivity contribution in [3.8, 4) is 0 Å². The summed E-state index contributed by atoms with van der Waals surface area (Å²) in [7, 11) is 0. The van der Waals surface area contributed by atoms with E-state index in [1.165, 1.54) is 25.2 Å². The molecule has 8 heteroatoms. The molecule has 0 saturated carbocycles. The lowest BCUT2D eigenvalue weighted by Gasteiger charge is -2.06. The normalized spacial score (nSPS) is 11.6. The smallest absolute Gasteiger partial charge is 0.331 e. The standard InChI is InChI=1S/C13H17N3O4S/c1-4-9-5-14-10(21-9)6-15-13(20)16-11(17)7(2)8(3)12(18)19/h5H,4,6H2,1-3H3,(H,18,19)(H2,15,16,17,20). The zero-order valence-electron chi connectivity index (χ0n) is 12.0. The monoisotopic (exact) mass is 311 g/mol. The van der Waals surface area contributed by atoms with Crippen LogP contribution in [0.1, 0.15) is 30.7 Å². The fourth-order valence-electron chi connectivity index (χ4n) is 1.32. The Labute approximate surface area is 126 Å². The number of imide groups is 1. The van der Waals surface area contributed by atoms with E-state index in [0.717, 1.165) is 16.3 Å². The average molecular weight is 311 g/mol. The van der Waals surface area contributed by atoms with E-state index in [1.807, 2.05) is 6.92 Å². The van der Waals surface area contributed by atoms with Crippen molar-refractivity contribution in [3.63, 3.8) is 0 Å². The molecule has 0 saturated heterocycles. The van der Waals surface area contributed by atoms with Crippen molar-refractivity contribution in [1.82, 2.24) is 15.6 Å². The number of nitrogens with zero attached hydrogens (tertiary/aromatic N) is 1. The molecule has 7 nitrogen and oxygen atoms in total. The van der Waals surface area contributed by atoms with E-state index in [9.17, 15) is 14.4 Å². The first kappa shape index (κ1) is 16.8. The van der Waals surface area contributed by atoms with Crippen LogP contribution in [0.3, 0.4) is 0 Å². The lowest BCUT2D eigenvalue weighted by molar-refractivity contribution is -0.133. The Balaban J connectivity index is 2.52. The Bertz CT molecular complexity index is 592. The Morgan fingerprint density at radius 1 is 1.29 bits per heavy atom. The van der Waals surface area contributed by atoms with Gasteiger partial charge in [-0.05, 0) is 20.3 Å². The van der Waals surface area contributed by atoms with Gasteiger partial charge in [0, 0.05) is 22.2 Å². The minimum atomic E-state index is -1.20. The molecule has 0 aromatic carbocycles. The second-order valence-corrected chi connectivity index (χ2v) is 5.47. The number of thiazole rings is 1. The zero-order chi connectivity index (χ0) is 16.0. The van der Waals surface area contributed by atoms with Crippen LogP contribution >= 0.6 is 11.3 Å². The minimum absolute atomic E-state index is 0.0137. The van der Waals surface area contributed by atoms with Gasteiger partial charge in [-0.2, -0.15) is 0 Å². The van der Waals surface area contributed by atoms with Gasteiger partial charge >= 0.3 is 12.0 Å². The van der Waals surface area contributed by atoms with E-state index in [-0.39, 0.29) is 17.7 Å². The number of urea groups is 1. The number of carbonyl (C=O) groups excluding carboxylic acids is 2. The highest BCUT2D eigenvalue weighted by Crippen LogP contribution is 2.12. The number of aryl methyl sites for hydroxylation is 1.